The molecule has 1 heterocycles. The lowest BCUT2D eigenvalue weighted by molar-refractivity contribution is 0.414. The second-order valence-corrected chi connectivity index (χ2v) is 5.18. The number of ether oxygens (including phenoxy) is 1. The van der Waals surface area contributed by atoms with Gasteiger partial charge in [0, 0.05) is 30.6 Å². The number of nitrogens with one attached hydrogen (secondary N) is 1. The quantitative estimate of drug-likeness (QED) is 0.869. The molecule has 0 bridgehead atoms. The van der Waals surface area contributed by atoms with Gasteiger partial charge < -0.3 is 10.1 Å². The summed E-state index contributed by atoms with van der Waals surface area (Å²) in [7, 11) is 1.68. The first-order valence-corrected chi connectivity index (χ1v) is 6.90. The van der Waals surface area contributed by atoms with Gasteiger partial charge in [0.1, 0.15) is 5.75 Å². The molecule has 1 aromatic carbocycles. The lowest BCUT2D eigenvalue weighted by Crippen LogP contribution is -2.19. The van der Waals surface area contributed by atoms with Crippen molar-refractivity contribution in [3.8, 4) is 5.75 Å². The summed E-state index contributed by atoms with van der Waals surface area (Å²) in [6, 6.07) is 8.14. The summed E-state index contributed by atoms with van der Waals surface area (Å²) in [6.45, 7) is 4.01. The molecular weight excluding hydrogens is 244 g/mol. The van der Waals surface area contributed by atoms with Gasteiger partial charge >= 0.3 is 0 Å². The van der Waals surface area contributed by atoms with Crippen LogP contribution >= 0.6 is 11.3 Å². The van der Waals surface area contributed by atoms with Crippen LogP contribution in [0.15, 0.2) is 35.8 Å². The van der Waals surface area contributed by atoms with E-state index < -0.39 is 0 Å². The Balaban J connectivity index is 1.77. The minimum absolute atomic E-state index is 0.461. The van der Waals surface area contributed by atoms with Crippen LogP contribution in [0.25, 0.3) is 0 Å². The Kier molecular flexibility index (Phi) is 4.73. The number of aromatic nitrogens is 1. The highest BCUT2D eigenvalue weighted by atomic mass is 32.1. The lowest BCUT2D eigenvalue weighted by Gasteiger charge is -2.10. The summed E-state index contributed by atoms with van der Waals surface area (Å²) in [6.07, 6.45) is 1.86. The van der Waals surface area contributed by atoms with Crippen molar-refractivity contribution in [2.45, 2.75) is 19.4 Å². The van der Waals surface area contributed by atoms with Gasteiger partial charge in [-0.15, -0.1) is 11.3 Å². The van der Waals surface area contributed by atoms with Crippen LogP contribution in [0.4, 0.5) is 0 Å². The molecule has 0 saturated carbocycles. The van der Waals surface area contributed by atoms with Gasteiger partial charge in [-0.05, 0) is 17.7 Å². The molecule has 1 N–H and O–H groups in total. The van der Waals surface area contributed by atoms with E-state index in [0.717, 1.165) is 18.8 Å². The van der Waals surface area contributed by atoms with Crippen molar-refractivity contribution >= 4 is 11.3 Å². The van der Waals surface area contributed by atoms with Crippen molar-refractivity contribution in [1.29, 1.82) is 0 Å². The third-order valence-corrected chi connectivity index (χ3v) is 3.82. The zero-order chi connectivity index (χ0) is 12.8. The third-order valence-electron chi connectivity index (χ3n) is 2.81. The Morgan fingerprint density at radius 2 is 2.11 bits per heavy atom. The molecule has 1 atom stereocenters. The maximum Gasteiger partial charge on any atom is 0.118 e. The van der Waals surface area contributed by atoms with Crippen molar-refractivity contribution in [2.75, 3.05) is 13.7 Å². The van der Waals surface area contributed by atoms with Crippen LogP contribution in [0.5, 0.6) is 5.75 Å². The van der Waals surface area contributed by atoms with Crippen LogP contribution in [0, 0.1) is 0 Å². The monoisotopic (exact) mass is 262 g/mol. The van der Waals surface area contributed by atoms with Gasteiger partial charge in [0.25, 0.3) is 0 Å². The predicted molar refractivity (Wildman–Crippen MR) is 75.2 cm³/mol. The Morgan fingerprint density at radius 1 is 1.33 bits per heavy atom. The Hall–Kier alpha value is -1.39. The molecule has 0 radical (unpaired) electrons. The highest BCUT2D eigenvalue weighted by molar-refractivity contribution is 7.09. The molecule has 2 aromatic rings. The second kappa shape index (κ2) is 6.52. The van der Waals surface area contributed by atoms with Crippen molar-refractivity contribution in [3.63, 3.8) is 0 Å². The Bertz CT molecular complexity index is 453. The van der Waals surface area contributed by atoms with Crippen LogP contribution < -0.4 is 10.1 Å². The number of nitrogens with zero attached hydrogens (tertiary/aromatic N) is 1. The van der Waals surface area contributed by atoms with E-state index in [1.807, 2.05) is 23.7 Å². The number of rotatable bonds is 6. The smallest absolute Gasteiger partial charge is 0.118 e. The molecule has 3 nitrogen and oxygen atoms in total. The van der Waals surface area contributed by atoms with Gasteiger partial charge in [-0.3, -0.25) is 0 Å². The molecule has 0 aliphatic carbocycles. The molecule has 0 fully saturated rings. The summed E-state index contributed by atoms with van der Waals surface area (Å²) in [5.41, 5.74) is 1.27. The van der Waals surface area contributed by atoms with Crippen LogP contribution in [-0.4, -0.2) is 18.6 Å². The molecule has 0 aliphatic heterocycles. The van der Waals surface area contributed by atoms with Crippen LogP contribution in [0.3, 0.4) is 0 Å². The van der Waals surface area contributed by atoms with Crippen LogP contribution in [0.2, 0.25) is 0 Å². The van der Waals surface area contributed by atoms with Gasteiger partial charge in [0.05, 0.1) is 12.1 Å². The summed E-state index contributed by atoms with van der Waals surface area (Å²) >= 11 is 1.71. The largest absolute Gasteiger partial charge is 0.497 e. The predicted octanol–water partition coefficient (Wildman–Crippen LogP) is 3.05. The van der Waals surface area contributed by atoms with E-state index in [1.54, 1.807) is 18.4 Å². The molecule has 0 spiro atoms. The Labute approximate surface area is 112 Å². The Morgan fingerprint density at radius 3 is 2.72 bits per heavy atom. The number of methoxy groups -OCH3 is 1. The first-order valence-electron chi connectivity index (χ1n) is 6.02. The SMILES string of the molecule is COc1ccc(CNCC(C)c2nccs2)cc1. The fourth-order valence-corrected chi connectivity index (χ4v) is 2.44. The second-order valence-electron chi connectivity index (χ2n) is 4.25. The number of hydrogen-bond donors (Lipinski definition) is 1. The van der Waals surface area contributed by atoms with Crippen molar-refractivity contribution < 1.29 is 4.74 Å². The minimum Gasteiger partial charge on any atom is -0.497 e. The molecule has 1 aromatic heterocycles. The maximum absolute atomic E-state index is 5.13. The van der Waals surface area contributed by atoms with E-state index in [9.17, 15) is 0 Å². The van der Waals surface area contributed by atoms with Gasteiger partial charge in [-0.25, -0.2) is 4.98 Å². The first kappa shape index (κ1) is 13.1. The molecule has 2 rings (SSSR count). The lowest BCUT2D eigenvalue weighted by atomic mass is 10.1. The molecule has 4 heteroatoms. The minimum atomic E-state index is 0.461. The highest BCUT2D eigenvalue weighted by Gasteiger charge is 2.07. The zero-order valence-electron chi connectivity index (χ0n) is 10.7. The average molecular weight is 262 g/mol. The van der Waals surface area contributed by atoms with E-state index in [1.165, 1.54) is 10.6 Å². The van der Waals surface area contributed by atoms with E-state index >= 15 is 0 Å². The topological polar surface area (TPSA) is 34.1 Å². The maximum atomic E-state index is 5.13. The van der Waals surface area contributed by atoms with Crippen molar-refractivity contribution in [2.24, 2.45) is 0 Å². The summed E-state index contributed by atoms with van der Waals surface area (Å²) < 4.78 is 5.13. The van der Waals surface area contributed by atoms with Crippen LogP contribution in [-0.2, 0) is 6.54 Å². The average Bonchev–Trinajstić information content (AvgIpc) is 2.93. The van der Waals surface area contributed by atoms with Gasteiger partial charge in [0.15, 0.2) is 0 Å². The molecule has 0 saturated heterocycles. The van der Waals surface area contributed by atoms with Gasteiger partial charge in [-0.2, -0.15) is 0 Å². The first-order chi connectivity index (χ1) is 8.79. The molecule has 0 aliphatic rings. The van der Waals surface area contributed by atoms with E-state index in [2.05, 4.69) is 29.4 Å². The summed E-state index contributed by atoms with van der Waals surface area (Å²) in [5, 5.41) is 6.67. The standard InChI is InChI=1S/C14H18N2OS/c1-11(14-16-7-8-18-14)9-15-10-12-3-5-13(17-2)6-4-12/h3-8,11,15H,9-10H2,1-2H3. The third kappa shape index (κ3) is 3.55. The van der Waals surface area contributed by atoms with E-state index in [4.69, 9.17) is 4.74 Å². The number of thiazole rings is 1. The molecule has 1 unspecified atom stereocenters. The van der Waals surface area contributed by atoms with Crippen molar-refractivity contribution in [3.05, 3.63) is 46.4 Å². The fourth-order valence-electron chi connectivity index (χ4n) is 1.74. The van der Waals surface area contributed by atoms with Crippen LogP contribution in [0.1, 0.15) is 23.4 Å². The van der Waals surface area contributed by atoms with Gasteiger partial charge in [0.2, 0.25) is 0 Å². The van der Waals surface area contributed by atoms with Gasteiger partial charge in [-0.1, -0.05) is 19.1 Å². The summed E-state index contributed by atoms with van der Waals surface area (Å²) in [4.78, 5) is 4.33. The molecule has 96 valence electrons. The van der Waals surface area contributed by atoms with E-state index in [0.29, 0.717) is 5.92 Å². The number of benzene rings is 1. The number of hydrogen-bond acceptors (Lipinski definition) is 4. The molecular formula is C14H18N2OS. The van der Waals surface area contributed by atoms with E-state index in [-0.39, 0.29) is 0 Å². The summed E-state index contributed by atoms with van der Waals surface area (Å²) in [5.74, 6) is 1.36. The normalized spacial score (nSPS) is 12.3. The zero-order valence-corrected chi connectivity index (χ0v) is 11.5. The highest BCUT2D eigenvalue weighted by Crippen LogP contribution is 2.16. The van der Waals surface area contributed by atoms with Crippen molar-refractivity contribution in [1.82, 2.24) is 10.3 Å². The molecule has 18 heavy (non-hydrogen) atoms. The fraction of sp³-hybridized carbons (Fsp3) is 0.357. The molecule has 0 amide bonds.